The number of ether oxygens (including phenoxy) is 1. The summed E-state index contributed by atoms with van der Waals surface area (Å²) in [4.78, 5) is 21.4. The number of nitrogens with zero attached hydrogens (tertiary/aromatic N) is 5. The van der Waals surface area contributed by atoms with Gasteiger partial charge in [0.1, 0.15) is 17.1 Å². The zero-order chi connectivity index (χ0) is 24.9. The molecule has 1 aliphatic heterocycles. The Morgan fingerprint density at radius 3 is 2.83 bits per heavy atom. The second kappa shape index (κ2) is 8.45. The minimum Gasteiger partial charge on any atom is -0.455 e. The van der Waals surface area contributed by atoms with Crippen LogP contribution < -0.4 is 15.4 Å². The Labute approximate surface area is 202 Å². The summed E-state index contributed by atoms with van der Waals surface area (Å²) < 4.78 is 39.6. The predicted molar refractivity (Wildman–Crippen MR) is 121 cm³/mol. The van der Waals surface area contributed by atoms with E-state index in [1.54, 1.807) is 18.2 Å². The smallest absolute Gasteiger partial charge is 0.276 e. The number of carbonyl (C=O) groups excluding carboxylic acids is 1. The molecule has 0 fully saturated rings. The van der Waals surface area contributed by atoms with Crippen molar-refractivity contribution in [1.29, 1.82) is 0 Å². The zero-order valence-electron chi connectivity index (χ0n) is 18.8. The van der Waals surface area contributed by atoms with Crippen LogP contribution in [-0.2, 0) is 12.0 Å². The quantitative estimate of drug-likeness (QED) is 0.319. The number of rotatable bonds is 4. The van der Waals surface area contributed by atoms with Gasteiger partial charge in [0.05, 0.1) is 11.9 Å². The molecule has 0 radical (unpaired) electrons. The van der Waals surface area contributed by atoms with E-state index in [9.17, 15) is 13.6 Å². The van der Waals surface area contributed by atoms with Crippen molar-refractivity contribution in [2.45, 2.75) is 44.6 Å². The molecule has 13 heteroatoms. The van der Waals surface area contributed by atoms with Crippen LogP contribution in [0.3, 0.4) is 0 Å². The van der Waals surface area contributed by atoms with E-state index in [2.05, 4.69) is 30.9 Å². The normalized spacial score (nSPS) is 17.5. The molecule has 1 aliphatic rings. The number of halogens is 3. The Morgan fingerprint density at radius 2 is 2.09 bits per heavy atom. The van der Waals surface area contributed by atoms with Gasteiger partial charge in [-0.2, -0.15) is 14.5 Å². The number of hydrogen-bond acceptors (Lipinski definition) is 8. The van der Waals surface area contributed by atoms with Crippen LogP contribution in [-0.4, -0.2) is 42.5 Å². The lowest BCUT2D eigenvalue weighted by atomic mass is 9.96. The highest BCUT2D eigenvalue weighted by Gasteiger charge is 2.28. The first-order valence-electron chi connectivity index (χ1n) is 10.6. The van der Waals surface area contributed by atoms with Crippen LogP contribution in [0.15, 0.2) is 35.0 Å². The molecule has 35 heavy (non-hydrogen) atoms. The number of fused-ring (bicyclic) bond motifs is 2. The van der Waals surface area contributed by atoms with Gasteiger partial charge in [0.25, 0.3) is 18.2 Å². The van der Waals surface area contributed by atoms with E-state index >= 15 is 0 Å². The van der Waals surface area contributed by atoms with Crippen molar-refractivity contribution in [3.63, 3.8) is 0 Å². The molecular formula is C22H20ClF2N7O3. The summed E-state index contributed by atoms with van der Waals surface area (Å²) >= 11 is 5.85. The maximum atomic E-state index is 14.3. The third-order valence-electron chi connectivity index (χ3n) is 5.24. The number of alkyl halides is 2. The molecule has 2 unspecified atom stereocenters. The Kier molecular flexibility index (Phi) is 5.55. The van der Waals surface area contributed by atoms with E-state index in [1.807, 2.05) is 20.8 Å². The van der Waals surface area contributed by atoms with Gasteiger partial charge in [-0.1, -0.05) is 43.6 Å². The molecule has 182 valence electrons. The Bertz CT molecular complexity index is 1430. The molecule has 1 amide bonds. The maximum Gasteiger partial charge on any atom is 0.276 e. The first kappa shape index (κ1) is 23.0. The number of aromatic nitrogens is 5. The van der Waals surface area contributed by atoms with Gasteiger partial charge in [-0.05, 0) is 17.7 Å². The molecule has 2 N–H and O–H groups in total. The molecule has 5 rings (SSSR count). The highest BCUT2D eigenvalue weighted by molar-refractivity contribution is 6.22. The number of benzene rings is 1. The predicted octanol–water partition coefficient (Wildman–Crippen LogP) is 3.81. The topological polar surface area (TPSA) is 119 Å². The van der Waals surface area contributed by atoms with E-state index in [0.717, 1.165) is 6.20 Å². The monoisotopic (exact) mass is 503 g/mol. The molecule has 10 nitrogen and oxygen atoms in total. The van der Waals surface area contributed by atoms with Gasteiger partial charge in [-0.25, -0.2) is 13.9 Å². The van der Waals surface area contributed by atoms with Gasteiger partial charge in [-0.15, -0.1) is 0 Å². The molecule has 0 aliphatic carbocycles. The second-order valence-electron chi connectivity index (χ2n) is 8.96. The van der Waals surface area contributed by atoms with Crippen molar-refractivity contribution in [2.24, 2.45) is 0 Å². The molecule has 0 saturated heterocycles. The molecule has 4 heterocycles. The van der Waals surface area contributed by atoms with E-state index in [0.29, 0.717) is 22.8 Å². The lowest BCUT2D eigenvalue weighted by Crippen LogP contribution is -2.34. The molecule has 2 atom stereocenters. The number of anilines is 1. The van der Waals surface area contributed by atoms with Crippen LogP contribution >= 0.6 is 11.6 Å². The summed E-state index contributed by atoms with van der Waals surface area (Å²) in [5.41, 5.74) is -0.230. The van der Waals surface area contributed by atoms with Crippen molar-refractivity contribution >= 4 is 28.8 Å². The molecule has 0 spiro atoms. The number of nitrogens with one attached hydrogen (secondary N) is 2. The molecule has 0 bridgehead atoms. The zero-order valence-corrected chi connectivity index (χ0v) is 19.6. The fourth-order valence-electron chi connectivity index (χ4n) is 3.41. The standard InChI is InChI=1S/C22H20ClF2N7O3/c1-22(2,3)21-30-20(35-31-21)14-7-13(29-18-11(24)9-27-32(14)18)19(33)26-8-10-4-5-15-12(6-10)28-16(23)17(25)34-15/h4-7,9,16-17,28H,8H2,1-3H3,(H,26,33). The van der Waals surface area contributed by atoms with E-state index in [1.165, 1.54) is 10.6 Å². The van der Waals surface area contributed by atoms with Gasteiger partial charge in [-0.3, -0.25) is 4.79 Å². The van der Waals surface area contributed by atoms with Crippen molar-refractivity contribution in [3.8, 4) is 17.3 Å². The van der Waals surface area contributed by atoms with Crippen LogP contribution in [0.5, 0.6) is 5.75 Å². The Balaban J connectivity index is 1.41. The van der Waals surface area contributed by atoms with Crippen LogP contribution in [0, 0.1) is 5.82 Å². The number of amides is 1. The minimum absolute atomic E-state index is 0.0667. The first-order valence-corrected chi connectivity index (χ1v) is 11.0. The lowest BCUT2D eigenvalue weighted by molar-refractivity contribution is 0.0630. The average molecular weight is 504 g/mol. The lowest BCUT2D eigenvalue weighted by Gasteiger charge is -2.26. The summed E-state index contributed by atoms with van der Waals surface area (Å²) in [6, 6.07) is 6.33. The van der Waals surface area contributed by atoms with Gasteiger partial charge in [0.15, 0.2) is 22.8 Å². The highest BCUT2D eigenvalue weighted by atomic mass is 35.5. The average Bonchev–Trinajstić information content (AvgIpc) is 3.45. The largest absolute Gasteiger partial charge is 0.455 e. The minimum atomic E-state index is -1.67. The summed E-state index contributed by atoms with van der Waals surface area (Å²) in [6.45, 7) is 5.86. The highest BCUT2D eigenvalue weighted by Crippen LogP contribution is 2.33. The van der Waals surface area contributed by atoms with Crippen LogP contribution in [0.1, 0.15) is 42.6 Å². The van der Waals surface area contributed by atoms with Crippen molar-refractivity contribution in [1.82, 2.24) is 30.1 Å². The van der Waals surface area contributed by atoms with Gasteiger partial charge in [0, 0.05) is 18.0 Å². The van der Waals surface area contributed by atoms with Crippen LogP contribution in [0.4, 0.5) is 14.5 Å². The summed E-state index contributed by atoms with van der Waals surface area (Å²) in [7, 11) is 0. The van der Waals surface area contributed by atoms with Crippen molar-refractivity contribution in [2.75, 3.05) is 5.32 Å². The van der Waals surface area contributed by atoms with Crippen LogP contribution in [0.2, 0.25) is 0 Å². The van der Waals surface area contributed by atoms with E-state index in [-0.39, 0.29) is 34.9 Å². The van der Waals surface area contributed by atoms with Gasteiger partial charge >= 0.3 is 0 Å². The van der Waals surface area contributed by atoms with Crippen LogP contribution in [0.25, 0.3) is 17.2 Å². The second-order valence-corrected chi connectivity index (χ2v) is 9.43. The van der Waals surface area contributed by atoms with Crippen molar-refractivity contribution < 1.29 is 22.8 Å². The third kappa shape index (κ3) is 4.36. The number of hydrogen-bond donors (Lipinski definition) is 2. The van der Waals surface area contributed by atoms with E-state index in [4.69, 9.17) is 20.9 Å². The fraction of sp³-hybridized carbons (Fsp3) is 0.318. The van der Waals surface area contributed by atoms with Gasteiger partial charge in [0.2, 0.25) is 0 Å². The van der Waals surface area contributed by atoms with E-state index < -0.39 is 23.6 Å². The summed E-state index contributed by atoms with van der Waals surface area (Å²) in [5.74, 6) is -0.446. The molecular weight excluding hydrogens is 484 g/mol. The summed E-state index contributed by atoms with van der Waals surface area (Å²) in [5, 5.41) is 13.5. The van der Waals surface area contributed by atoms with Crippen molar-refractivity contribution in [3.05, 3.63) is 53.4 Å². The first-order chi connectivity index (χ1) is 16.6. The maximum absolute atomic E-state index is 14.3. The molecule has 4 aromatic rings. The third-order valence-corrected chi connectivity index (χ3v) is 5.54. The number of carbonyl (C=O) groups is 1. The molecule has 1 aromatic carbocycles. The molecule has 3 aromatic heterocycles. The van der Waals surface area contributed by atoms with Gasteiger partial charge < -0.3 is 19.9 Å². The SMILES string of the molecule is CC(C)(C)c1noc(-c2cc(C(=O)NCc3ccc4c(c3)NC(Cl)C(F)O4)nc3c(F)cnn23)n1. The Hall–Kier alpha value is -3.80. The molecule has 0 saturated carbocycles. The fourth-order valence-corrected chi connectivity index (χ4v) is 3.58. The Morgan fingerprint density at radius 1 is 1.29 bits per heavy atom. The summed E-state index contributed by atoms with van der Waals surface area (Å²) in [6.07, 6.45) is -0.685.